The fourth-order valence-corrected chi connectivity index (χ4v) is 2.32. The standard InChI is InChI=1S/C12H24.C7H13BrN2O2/c1-3-5-7-9-11-12-10-8-6-4-2;1-3-7(8,4-2)5(11)10-6(9)12/h3H,1,4-12H2,2H3;3-4H2,1-2H3,(H3,9,10,11,12). The first kappa shape index (κ1) is 25.4. The molecule has 5 heteroatoms. The van der Waals surface area contributed by atoms with E-state index in [-0.39, 0.29) is 5.91 Å². The second-order valence-corrected chi connectivity index (χ2v) is 7.56. The van der Waals surface area contributed by atoms with Gasteiger partial charge in [-0.1, -0.05) is 87.7 Å². The molecule has 0 saturated carbocycles. The topological polar surface area (TPSA) is 72.2 Å². The molecular formula is C19H37BrN2O2. The van der Waals surface area contributed by atoms with Crippen LogP contribution in [0.5, 0.6) is 0 Å². The molecule has 142 valence electrons. The van der Waals surface area contributed by atoms with E-state index in [1.807, 2.05) is 25.2 Å². The van der Waals surface area contributed by atoms with Crippen molar-refractivity contribution >= 4 is 27.9 Å². The van der Waals surface area contributed by atoms with Crippen LogP contribution in [-0.2, 0) is 4.79 Å². The van der Waals surface area contributed by atoms with Crippen molar-refractivity contribution in [3.05, 3.63) is 12.7 Å². The maximum atomic E-state index is 11.3. The number of rotatable bonds is 12. The zero-order chi connectivity index (χ0) is 18.8. The summed E-state index contributed by atoms with van der Waals surface area (Å²) in [5.74, 6) is -0.375. The number of unbranched alkanes of at least 4 members (excludes halogenated alkanes) is 8. The Morgan fingerprint density at radius 3 is 1.83 bits per heavy atom. The van der Waals surface area contributed by atoms with Crippen LogP contribution in [0.15, 0.2) is 12.7 Å². The van der Waals surface area contributed by atoms with Gasteiger partial charge in [-0.25, -0.2) is 4.79 Å². The molecule has 0 atom stereocenters. The van der Waals surface area contributed by atoms with Gasteiger partial charge in [0, 0.05) is 0 Å². The average molecular weight is 405 g/mol. The second-order valence-electron chi connectivity index (χ2n) is 6.04. The van der Waals surface area contributed by atoms with Crippen LogP contribution in [0.3, 0.4) is 0 Å². The molecule has 0 heterocycles. The molecule has 4 nitrogen and oxygen atoms in total. The summed E-state index contributed by atoms with van der Waals surface area (Å²) < 4.78 is -0.665. The molecule has 0 spiro atoms. The van der Waals surface area contributed by atoms with Crippen LogP contribution >= 0.6 is 15.9 Å². The highest BCUT2D eigenvalue weighted by molar-refractivity contribution is 9.10. The molecule has 0 aliphatic carbocycles. The monoisotopic (exact) mass is 404 g/mol. The van der Waals surface area contributed by atoms with Gasteiger partial charge in [0.25, 0.3) is 0 Å². The van der Waals surface area contributed by atoms with Crippen molar-refractivity contribution in [3.63, 3.8) is 0 Å². The van der Waals surface area contributed by atoms with Gasteiger partial charge in [-0.3, -0.25) is 10.1 Å². The van der Waals surface area contributed by atoms with Gasteiger partial charge >= 0.3 is 6.03 Å². The fraction of sp³-hybridized carbons (Fsp3) is 0.789. The molecule has 0 aromatic heterocycles. The van der Waals surface area contributed by atoms with Crippen molar-refractivity contribution in [2.45, 2.75) is 95.7 Å². The Kier molecular flexibility index (Phi) is 18.0. The number of hydrogen-bond donors (Lipinski definition) is 2. The number of primary amides is 1. The Balaban J connectivity index is 0. The Morgan fingerprint density at radius 2 is 1.46 bits per heavy atom. The molecule has 0 aromatic rings. The van der Waals surface area contributed by atoms with E-state index >= 15 is 0 Å². The van der Waals surface area contributed by atoms with E-state index in [2.05, 4.69) is 29.4 Å². The Morgan fingerprint density at radius 1 is 1.00 bits per heavy atom. The molecular weight excluding hydrogens is 368 g/mol. The van der Waals surface area contributed by atoms with Gasteiger partial charge < -0.3 is 5.73 Å². The molecule has 0 fully saturated rings. The van der Waals surface area contributed by atoms with Crippen LogP contribution in [0.2, 0.25) is 0 Å². The van der Waals surface area contributed by atoms with Crippen LogP contribution < -0.4 is 11.1 Å². The van der Waals surface area contributed by atoms with Crippen LogP contribution in [0.1, 0.15) is 91.4 Å². The van der Waals surface area contributed by atoms with E-state index in [0.29, 0.717) is 12.8 Å². The summed E-state index contributed by atoms with van der Waals surface area (Å²) in [6.07, 6.45) is 15.7. The Hall–Kier alpha value is -0.840. The molecule has 24 heavy (non-hydrogen) atoms. The third-order valence-corrected chi connectivity index (χ3v) is 5.51. The van der Waals surface area contributed by atoms with Gasteiger partial charge in [0.05, 0.1) is 0 Å². The molecule has 0 aliphatic rings. The van der Waals surface area contributed by atoms with Crippen molar-refractivity contribution in [2.75, 3.05) is 0 Å². The van der Waals surface area contributed by atoms with Crippen molar-refractivity contribution in [2.24, 2.45) is 5.73 Å². The summed E-state index contributed by atoms with van der Waals surface area (Å²) in [5.41, 5.74) is 4.81. The molecule has 3 N–H and O–H groups in total. The summed E-state index contributed by atoms with van der Waals surface area (Å²) in [5, 5.41) is 2.04. The van der Waals surface area contributed by atoms with E-state index in [1.165, 1.54) is 57.8 Å². The van der Waals surface area contributed by atoms with Crippen LogP contribution in [-0.4, -0.2) is 16.3 Å². The predicted octanol–water partition coefficient (Wildman–Crippen LogP) is 5.84. The number of nitrogens with one attached hydrogen (secondary N) is 1. The number of nitrogens with two attached hydrogens (primary N) is 1. The van der Waals surface area contributed by atoms with E-state index in [0.717, 1.165) is 0 Å². The number of halogens is 1. The zero-order valence-electron chi connectivity index (χ0n) is 15.8. The smallest absolute Gasteiger partial charge is 0.318 e. The number of carbonyl (C=O) groups excluding carboxylic acids is 2. The van der Waals surface area contributed by atoms with Gasteiger partial charge in [-0.15, -0.1) is 6.58 Å². The Labute approximate surface area is 157 Å². The number of carbonyl (C=O) groups is 2. The summed E-state index contributed by atoms with van der Waals surface area (Å²) >= 11 is 3.26. The highest BCUT2D eigenvalue weighted by Crippen LogP contribution is 2.26. The van der Waals surface area contributed by atoms with Gasteiger partial charge in [0.1, 0.15) is 4.32 Å². The number of urea groups is 1. The number of allylic oxidation sites excluding steroid dienone is 1. The minimum atomic E-state index is -0.814. The molecule has 0 saturated heterocycles. The lowest BCUT2D eigenvalue weighted by atomic mass is 10.0. The molecule has 3 amide bonds. The van der Waals surface area contributed by atoms with Crippen LogP contribution in [0.4, 0.5) is 4.79 Å². The van der Waals surface area contributed by atoms with Crippen LogP contribution in [0.25, 0.3) is 0 Å². The summed E-state index contributed by atoms with van der Waals surface area (Å²) in [7, 11) is 0. The van der Waals surface area contributed by atoms with E-state index < -0.39 is 10.4 Å². The number of alkyl halides is 1. The lowest BCUT2D eigenvalue weighted by Gasteiger charge is -2.21. The molecule has 0 rings (SSSR count). The minimum Gasteiger partial charge on any atom is -0.351 e. The lowest BCUT2D eigenvalue weighted by molar-refractivity contribution is -0.122. The molecule has 0 unspecified atom stereocenters. The van der Waals surface area contributed by atoms with Gasteiger partial charge in [0.2, 0.25) is 5.91 Å². The summed E-state index contributed by atoms with van der Waals surface area (Å²) in [6.45, 7) is 9.71. The minimum absolute atomic E-state index is 0.375. The highest BCUT2D eigenvalue weighted by atomic mass is 79.9. The van der Waals surface area contributed by atoms with Crippen molar-refractivity contribution in [3.8, 4) is 0 Å². The molecule has 0 radical (unpaired) electrons. The third kappa shape index (κ3) is 14.7. The first-order chi connectivity index (χ1) is 11.4. The maximum Gasteiger partial charge on any atom is 0.318 e. The average Bonchev–Trinajstić information content (AvgIpc) is 2.56. The zero-order valence-corrected chi connectivity index (χ0v) is 17.4. The summed E-state index contributed by atoms with van der Waals surface area (Å²) in [4.78, 5) is 21.6. The summed E-state index contributed by atoms with van der Waals surface area (Å²) in [6, 6.07) is -0.814. The SMILES string of the molecule is C=CCCCCCCCCCC.CCC(Br)(CC)C(=O)NC(N)=O. The van der Waals surface area contributed by atoms with Crippen molar-refractivity contribution in [1.82, 2.24) is 5.32 Å². The normalized spacial score (nSPS) is 10.5. The Bertz CT molecular complexity index is 342. The molecule has 0 aliphatic heterocycles. The predicted molar refractivity (Wildman–Crippen MR) is 107 cm³/mol. The maximum absolute atomic E-state index is 11.3. The quantitative estimate of drug-likeness (QED) is 0.243. The van der Waals surface area contributed by atoms with Crippen molar-refractivity contribution < 1.29 is 9.59 Å². The van der Waals surface area contributed by atoms with E-state index in [4.69, 9.17) is 5.73 Å². The van der Waals surface area contributed by atoms with Gasteiger partial charge in [-0.2, -0.15) is 0 Å². The van der Waals surface area contributed by atoms with Crippen molar-refractivity contribution in [1.29, 1.82) is 0 Å². The third-order valence-electron chi connectivity index (χ3n) is 4.03. The lowest BCUT2D eigenvalue weighted by Crippen LogP contribution is -2.46. The molecule has 0 bridgehead atoms. The second kappa shape index (κ2) is 17.0. The van der Waals surface area contributed by atoms with E-state index in [1.54, 1.807) is 0 Å². The fourth-order valence-electron chi connectivity index (χ4n) is 2.22. The first-order valence-corrected chi connectivity index (χ1v) is 10.1. The molecule has 0 aromatic carbocycles. The highest BCUT2D eigenvalue weighted by Gasteiger charge is 2.32. The number of imide groups is 1. The largest absolute Gasteiger partial charge is 0.351 e. The number of amides is 3. The van der Waals surface area contributed by atoms with Crippen LogP contribution in [0, 0.1) is 0 Å². The van der Waals surface area contributed by atoms with Gasteiger partial charge in [-0.05, 0) is 25.7 Å². The van der Waals surface area contributed by atoms with Gasteiger partial charge in [0.15, 0.2) is 0 Å². The number of hydrogen-bond acceptors (Lipinski definition) is 2. The first-order valence-electron chi connectivity index (χ1n) is 9.28. The van der Waals surface area contributed by atoms with E-state index in [9.17, 15) is 9.59 Å².